The molecule has 3 nitrogen and oxygen atoms in total. The molecule has 1 saturated heterocycles. The lowest BCUT2D eigenvalue weighted by Gasteiger charge is -2.17. The normalized spacial score (nSPS) is 26.3. The van der Waals surface area contributed by atoms with Gasteiger partial charge in [0.15, 0.2) is 0 Å². The van der Waals surface area contributed by atoms with Gasteiger partial charge in [0.1, 0.15) is 0 Å². The van der Waals surface area contributed by atoms with E-state index in [4.69, 9.17) is 0 Å². The summed E-state index contributed by atoms with van der Waals surface area (Å²) in [5.74, 6) is 0.877. The second kappa shape index (κ2) is 4.42. The molecular weight excluding hydrogens is 234 g/mol. The van der Waals surface area contributed by atoms with E-state index in [-0.39, 0.29) is 0 Å². The first kappa shape index (κ1) is 12.6. The van der Waals surface area contributed by atoms with Gasteiger partial charge < -0.3 is 0 Å². The molecule has 0 aromatic heterocycles. The lowest BCUT2D eigenvalue weighted by atomic mass is 10.0. The molecule has 1 fully saturated rings. The SMILES string of the molecule is Cc1ccccc1S(=O)(=O)N1CC(C)C(C)C1. The van der Waals surface area contributed by atoms with E-state index in [9.17, 15) is 8.42 Å². The zero-order valence-corrected chi connectivity index (χ0v) is 11.4. The maximum absolute atomic E-state index is 12.5. The maximum atomic E-state index is 12.5. The van der Waals surface area contributed by atoms with Crippen LogP contribution < -0.4 is 0 Å². The van der Waals surface area contributed by atoms with Crippen LogP contribution >= 0.6 is 0 Å². The Balaban J connectivity index is 2.36. The van der Waals surface area contributed by atoms with Gasteiger partial charge in [-0.25, -0.2) is 8.42 Å². The first-order chi connectivity index (χ1) is 7.93. The van der Waals surface area contributed by atoms with E-state index in [2.05, 4.69) is 13.8 Å². The van der Waals surface area contributed by atoms with Crippen molar-refractivity contribution in [3.8, 4) is 0 Å². The summed E-state index contributed by atoms with van der Waals surface area (Å²) in [7, 11) is -3.30. The van der Waals surface area contributed by atoms with E-state index in [0.717, 1.165) is 5.56 Å². The van der Waals surface area contributed by atoms with Gasteiger partial charge in [0.05, 0.1) is 4.90 Å². The van der Waals surface area contributed by atoms with Crippen molar-refractivity contribution in [3.63, 3.8) is 0 Å². The standard InChI is InChI=1S/C13H19NO2S/c1-10-6-4-5-7-13(10)17(15,16)14-8-11(2)12(3)9-14/h4-7,11-12H,8-9H2,1-3H3. The van der Waals surface area contributed by atoms with Crippen LogP contribution in [0.15, 0.2) is 29.2 Å². The lowest BCUT2D eigenvalue weighted by molar-refractivity contribution is 0.463. The van der Waals surface area contributed by atoms with Crippen molar-refractivity contribution in [2.45, 2.75) is 25.7 Å². The topological polar surface area (TPSA) is 37.4 Å². The van der Waals surface area contributed by atoms with Gasteiger partial charge in [-0.1, -0.05) is 32.0 Å². The number of hydrogen-bond donors (Lipinski definition) is 0. The van der Waals surface area contributed by atoms with E-state index in [1.807, 2.05) is 19.1 Å². The van der Waals surface area contributed by atoms with Crippen LogP contribution in [0.4, 0.5) is 0 Å². The number of rotatable bonds is 2. The van der Waals surface area contributed by atoms with Gasteiger partial charge in [0, 0.05) is 13.1 Å². The lowest BCUT2D eigenvalue weighted by Crippen LogP contribution is -2.29. The smallest absolute Gasteiger partial charge is 0.207 e. The molecule has 2 atom stereocenters. The van der Waals surface area contributed by atoms with E-state index in [0.29, 0.717) is 29.8 Å². The molecule has 2 rings (SSSR count). The van der Waals surface area contributed by atoms with Crippen molar-refractivity contribution < 1.29 is 8.42 Å². The van der Waals surface area contributed by atoms with Crippen molar-refractivity contribution >= 4 is 10.0 Å². The highest BCUT2D eigenvalue weighted by Gasteiger charge is 2.35. The molecular formula is C13H19NO2S. The van der Waals surface area contributed by atoms with E-state index >= 15 is 0 Å². The van der Waals surface area contributed by atoms with Crippen molar-refractivity contribution in [1.29, 1.82) is 0 Å². The number of nitrogens with zero attached hydrogens (tertiary/aromatic N) is 1. The second-order valence-electron chi connectivity index (χ2n) is 5.04. The molecule has 0 spiro atoms. The van der Waals surface area contributed by atoms with Gasteiger partial charge in [-0.15, -0.1) is 0 Å². The van der Waals surface area contributed by atoms with E-state index in [1.54, 1.807) is 16.4 Å². The highest BCUT2D eigenvalue weighted by molar-refractivity contribution is 7.89. The van der Waals surface area contributed by atoms with Gasteiger partial charge in [0.25, 0.3) is 0 Å². The Morgan fingerprint density at radius 3 is 2.18 bits per heavy atom. The largest absolute Gasteiger partial charge is 0.243 e. The third kappa shape index (κ3) is 2.24. The summed E-state index contributed by atoms with van der Waals surface area (Å²) in [6.45, 7) is 7.33. The minimum atomic E-state index is -3.30. The van der Waals surface area contributed by atoms with Gasteiger partial charge in [-0.05, 0) is 30.4 Å². The molecule has 94 valence electrons. The fourth-order valence-corrected chi connectivity index (χ4v) is 4.12. The Hall–Kier alpha value is -0.870. The summed E-state index contributed by atoms with van der Waals surface area (Å²) in [5.41, 5.74) is 0.819. The summed E-state index contributed by atoms with van der Waals surface area (Å²) in [6, 6.07) is 7.18. The minimum absolute atomic E-state index is 0.439. The molecule has 2 unspecified atom stereocenters. The van der Waals surface area contributed by atoms with E-state index in [1.165, 1.54) is 0 Å². The number of aryl methyl sites for hydroxylation is 1. The predicted octanol–water partition coefficient (Wildman–Crippen LogP) is 2.27. The summed E-state index contributed by atoms with van der Waals surface area (Å²) in [6.07, 6.45) is 0. The van der Waals surface area contributed by atoms with Crippen LogP contribution in [0.1, 0.15) is 19.4 Å². The molecule has 1 aliphatic rings. The third-order valence-electron chi connectivity index (χ3n) is 3.67. The maximum Gasteiger partial charge on any atom is 0.243 e. The van der Waals surface area contributed by atoms with Crippen LogP contribution in [0.3, 0.4) is 0 Å². The predicted molar refractivity (Wildman–Crippen MR) is 68.3 cm³/mol. The first-order valence-corrected chi connectivity index (χ1v) is 7.42. The van der Waals surface area contributed by atoms with Gasteiger partial charge in [0.2, 0.25) is 10.0 Å². The third-order valence-corrected chi connectivity index (χ3v) is 5.66. The molecule has 0 bridgehead atoms. The molecule has 4 heteroatoms. The zero-order valence-electron chi connectivity index (χ0n) is 10.6. The number of hydrogen-bond acceptors (Lipinski definition) is 2. The minimum Gasteiger partial charge on any atom is -0.207 e. The Bertz CT molecular complexity index is 500. The van der Waals surface area contributed by atoms with Crippen molar-refractivity contribution in [2.24, 2.45) is 11.8 Å². The Morgan fingerprint density at radius 2 is 1.65 bits per heavy atom. The monoisotopic (exact) mass is 253 g/mol. The molecule has 1 aliphatic heterocycles. The van der Waals surface area contributed by atoms with Gasteiger partial charge >= 0.3 is 0 Å². The quantitative estimate of drug-likeness (QED) is 0.811. The van der Waals surface area contributed by atoms with Gasteiger partial charge in [-0.3, -0.25) is 0 Å². The fraction of sp³-hybridized carbons (Fsp3) is 0.538. The second-order valence-corrected chi connectivity index (χ2v) is 6.95. The molecule has 0 saturated carbocycles. The van der Waals surface area contributed by atoms with Crippen molar-refractivity contribution in [1.82, 2.24) is 4.31 Å². The van der Waals surface area contributed by atoms with Crippen LogP contribution in [0, 0.1) is 18.8 Å². The van der Waals surface area contributed by atoms with Crippen LogP contribution in [-0.4, -0.2) is 25.8 Å². The van der Waals surface area contributed by atoms with Crippen LogP contribution in [0.25, 0.3) is 0 Å². The molecule has 0 N–H and O–H groups in total. The molecule has 1 heterocycles. The Kier molecular flexibility index (Phi) is 3.27. The number of sulfonamides is 1. The van der Waals surface area contributed by atoms with E-state index < -0.39 is 10.0 Å². The Labute approximate surface area is 104 Å². The van der Waals surface area contributed by atoms with Crippen molar-refractivity contribution in [3.05, 3.63) is 29.8 Å². The highest BCUT2D eigenvalue weighted by atomic mass is 32.2. The summed E-state index contributed by atoms with van der Waals surface area (Å²) < 4.78 is 26.6. The molecule has 0 aliphatic carbocycles. The van der Waals surface area contributed by atoms with Crippen LogP contribution in [0.5, 0.6) is 0 Å². The van der Waals surface area contributed by atoms with Crippen LogP contribution in [-0.2, 0) is 10.0 Å². The highest BCUT2D eigenvalue weighted by Crippen LogP contribution is 2.29. The Morgan fingerprint density at radius 1 is 1.12 bits per heavy atom. The zero-order chi connectivity index (χ0) is 12.6. The summed E-state index contributed by atoms with van der Waals surface area (Å²) >= 11 is 0. The molecule has 0 radical (unpaired) electrons. The van der Waals surface area contributed by atoms with Crippen molar-refractivity contribution in [2.75, 3.05) is 13.1 Å². The molecule has 0 amide bonds. The molecule has 1 aromatic rings. The summed E-state index contributed by atoms with van der Waals surface area (Å²) in [4.78, 5) is 0.446. The number of benzene rings is 1. The molecule has 17 heavy (non-hydrogen) atoms. The average Bonchev–Trinajstić information content (AvgIpc) is 2.60. The molecule has 1 aromatic carbocycles. The summed E-state index contributed by atoms with van der Waals surface area (Å²) in [5, 5.41) is 0. The van der Waals surface area contributed by atoms with Gasteiger partial charge in [-0.2, -0.15) is 4.31 Å². The average molecular weight is 253 g/mol. The van der Waals surface area contributed by atoms with Crippen LogP contribution in [0.2, 0.25) is 0 Å². The first-order valence-electron chi connectivity index (χ1n) is 5.98. The fourth-order valence-electron chi connectivity index (χ4n) is 2.26.